The first-order chi connectivity index (χ1) is 10.1. The molecule has 7 heteroatoms. The Hall–Kier alpha value is -2.44. The summed E-state index contributed by atoms with van der Waals surface area (Å²) in [5.74, 6) is 0.504. The Bertz CT molecular complexity index is 702. The van der Waals surface area contributed by atoms with Crippen molar-refractivity contribution in [3.63, 3.8) is 0 Å². The van der Waals surface area contributed by atoms with Crippen molar-refractivity contribution in [2.75, 3.05) is 7.05 Å². The first-order valence-corrected chi connectivity index (χ1v) is 6.80. The van der Waals surface area contributed by atoms with Crippen LogP contribution in [0.15, 0.2) is 21.5 Å². The number of amides is 1. The molecule has 7 nitrogen and oxygen atoms in total. The molecule has 112 valence electrons. The minimum absolute atomic E-state index is 0.0987. The molecule has 1 N–H and O–H groups in total. The quantitative estimate of drug-likeness (QED) is 0.883. The number of aryl methyl sites for hydroxylation is 2. The Labute approximate surface area is 122 Å². The third-order valence-electron chi connectivity index (χ3n) is 3.26. The van der Waals surface area contributed by atoms with Crippen LogP contribution < -0.4 is 10.9 Å². The summed E-state index contributed by atoms with van der Waals surface area (Å²) < 4.78 is 6.73. The average molecular weight is 290 g/mol. The smallest absolute Gasteiger partial charge is 0.261 e. The fraction of sp³-hybridized carbons (Fsp3) is 0.429. The van der Waals surface area contributed by atoms with Crippen LogP contribution in [0.1, 0.15) is 24.9 Å². The number of carbonyl (C=O) groups excluding carboxylic acids is 1. The molecule has 21 heavy (non-hydrogen) atoms. The second-order valence-electron chi connectivity index (χ2n) is 4.62. The Morgan fingerprint density at radius 3 is 2.86 bits per heavy atom. The Morgan fingerprint density at radius 2 is 2.19 bits per heavy atom. The van der Waals surface area contributed by atoms with Gasteiger partial charge in [0, 0.05) is 32.1 Å². The van der Waals surface area contributed by atoms with Crippen molar-refractivity contribution >= 4 is 5.91 Å². The van der Waals surface area contributed by atoms with E-state index in [-0.39, 0.29) is 23.7 Å². The second kappa shape index (κ2) is 6.34. The van der Waals surface area contributed by atoms with Crippen LogP contribution in [-0.4, -0.2) is 27.7 Å². The minimum atomic E-state index is -0.142. The molecule has 0 aliphatic carbocycles. The van der Waals surface area contributed by atoms with Crippen molar-refractivity contribution in [3.8, 4) is 11.4 Å². The highest BCUT2D eigenvalue weighted by atomic mass is 16.5. The topological polar surface area (TPSA) is 90.0 Å². The maximum Gasteiger partial charge on any atom is 0.261 e. The summed E-state index contributed by atoms with van der Waals surface area (Å²) in [6.45, 7) is 4.36. The van der Waals surface area contributed by atoms with Gasteiger partial charge in [0.15, 0.2) is 0 Å². The van der Waals surface area contributed by atoms with Gasteiger partial charge in [-0.15, -0.1) is 0 Å². The number of aromatic nitrogens is 3. The van der Waals surface area contributed by atoms with Crippen LogP contribution >= 0.6 is 0 Å². The van der Waals surface area contributed by atoms with E-state index in [1.165, 1.54) is 0 Å². The van der Waals surface area contributed by atoms with E-state index < -0.39 is 0 Å². The molecular weight excluding hydrogens is 272 g/mol. The van der Waals surface area contributed by atoms with Crippen molar-refractivity contribution in [1.82, 2.24) is 20.0 Å². The third kappa shape index (κ3) is 3.18. The number of nitrogens with one attached hydrogen (secondary N) is 1. The Morgan fingerprint density at radius 1 is 1.43 bits per heavy atom. The monoisotopic (exact) mass is 290 g/mol. The maximum atomic E-state index is 12.3. The van der Waals surface area contributed by atoms with E-state index in [2.05, 4.69) is 15.5 Å². The van der Waals surface area contributed by atoms with Crippen LogP contribution in [-0.2, 0) is 17.8 Å². The summed E-state index contributed by atoms with van der Waals surface area (Å²) >= 11 is 0. The highest BCUT2D eigenvalue weighted by Crippen LogP contribution is 2.13. The van der Waals surface area contributed by atoms with Gasteiger partial charge in [-0.3, -0.25) is 9.59 Å². The highest BCUT2D eigenvalue weighted by Gasteiger charge is 2.14. The van der Waals surface area contributed by atoms with E-state index in [4.69, 9.17) is 4.52 Å². The molecule has 0 unspecified atom stereocenters. The van der Waals surface area contributed by atoms with Crippen molar-refractivity contribution in [2.24, 2.45) is 0 Å². The summed E-state index contributed by atoms with van der Waals surface area (Å²) in [7, 11) is 1.57. The predicted molar refractivity (Wildman–Crippen MR) is 76.8 cm³/mol. The number of hydrogen-bond donors (Lipinski definition) is 1. The fourth-order valence-electron chi connectivity index (χ4n) is 2.05. The molecule has 0 aromatic carbocycles. The van der Waals surface area contributed by atoms with Gasteiger partial charge >= 0.3 is 0 Å². The van der Waals surface area contributed by atoms with Crippen molar-refractivity contribution in [3.05, 3.63) is 34.1 Å². The lowest BCUT2D eigenvalue weighted by Crippen LogP contribution is -2.23. The molecule has 1 amide bonds. The zero-order valence-electron chi connectivity index (χ0n) is 12.3. The second-order valence-corrected chi connectivity index (χ2v) is 4.62. The minimum Gasteiger partial charge on any atom is -0.359 e. The van der Waals surface area contributed by atoms with Gasteiger partial charge in [0.2, 0.25) is 17.6 Å². The molecule has 2 rings (SSSR count). The molecule has 0 atom stereocenters. The number of rotatable bonds is 5. The lowest BCUT2D eigenvalue weighted by atomic mass is 10.2. The summed E-state index contributed by atoms with van der Waals surface area (Å²) in [5.41, 5.74) is 1.14. The SMILES string of the molecule is CCn1c(C)ccc(-c2noc(CCC(=O)NC)n2)c1=O. The summed E-state index contributed by atoms with van der Waals surface area (Å²) in [5, 5.41) is 6.35. The molecule has 0 saturated heterocycles. The molecule has 0 aliphatic rings. The van der Waals surface area contributed by atoms with E-state index in [1.807, 2.05) is 19.9 Å². The van der Waals surface area contributed by atoms with Gasteiger partial charge in [0.05, 0.1) is 5.56 Å². The van der Waals surface area contributed by atoms with Crippen LogP contribution in [0.2, 0.25) is 0 Å². The van der Waals surface area contributed by atoms with Gasteiger partial charge < -0.3 is 14.4 Å². The van der Waals surface area contributed by atoms with E-state index in [9.17, 15) is 9.59 Å². The molecule has 2 aromatic rings. The van der Waals surface area contributed by atoms with E-state index in [1.54, 1.807) is 17.7 Å². The molecule has 0 radical (unpaired) electrons. The van der Waals surface area contributed by atoms with Crippen LogP contribution in [0.5, 0.6) is 0 Å². The fourth-order valence-corrected chi connectivity index (χ4v) is 2.05. The predicted octanol–water partition coefficient (Wildman–Crippen LogP) is 0.905. The lowest BCUT2D eigenvalue weighted by molar-refractivity contribution is -0.120. The van der Waals surface area contributed by atoms with Gasteiger partial charge in [-0.1, -0.05) is 5.16 Å². The van der Waals surface area contributed by atoms with Gasteiger partial charge in [0.25, 0.3) is 5.56 Å². The number of carbonyl (C=O) groups is 1. The van der Waals surface area contributed by atoms with Gasteiger partial charge in [-0.2, -0.15) is 4.98 Å². The average Bonchev–Trinajstić information content (AvgIpc) is 2.94. The molecule has 0 aliphatic heterocycles. The third-order valence-corrected chi connectivity index (χ3v) is 3.26. The lowest BCUT2D eigenvalue weighted by Gasteiger charge is -2.07. The van der Waals surface area contributed by atoms with Crippen LogP contribution in [0.4, 0.5) is 0 Å². The molecule has 0 saturated carbocycles. The molecular formula is C14H18N4O3. The van der Waals surface area contributed by atoms with Crippen molar-refractivity contribution in [1.29, 1.82) is 0 Å². The van der Waals surface area contributed by atoms with Crippen molar-refractivity contribution in [2.45, 2.75) is 33.2 Å². The first-order valence-electron chi connectivity index (χ1n) is 6.80. The first kappa shape index (κ1) is 15.0. The number of nitrogens with zero attached hydrogens (tertiary/aromatic N) is 3. The number of pyridine rings is 1. The van der Waals surface area contributed by atoms with Crippen LogP contribution in [0.3, 0.4) is 0 Å². The van der Waals surface area contributed by atoms with Crippen molar-refractivity contribution < 1.29 is 9.32 Å². The van der Waals surface area contributed by atoms with Gasteiger partial charge in [0.1, 0.15) is 0 Å². The van der Waals surface area contributed by atoms with Crippen LogP contribution in [0, 0.1) is 6.92 Å². The molecule has 2 heterocycles. The summed E-state index contributed by atoms with van der Waals surface area (Å²) in [4.78, 5) is 27.7. The van der Waals surface area contributed by atoms with E-state index >= 15 is 0 Å². The van der Waals surface area contributed by atoms with Gasteiger partial charge in [-0.25, -0.2) is 0 Å². The van der Waals surface area contributed by atoms with Crippen LogP contribution in [0.25, 0.3) is 11.4 Å². The zero-order valence-corrected chi connectivity index (χ0v) is 12.3. The standard InChI is InChI=1S/C14H18N4O3/c1-4-18-9(2)5-6-10(14(18)20)13-16-12(21-17-13)8-7-11(19)15-3/h5-6H,4,7-8H2,1-3H3,(H,15,19). The van der Waals surface area contributed by atoms with E-state index in [0.29, 0.717) is 24.4 Å². The summed E-state index contributed by atoms with van der Waals surface area (Å²) in [6.07, 6.45) is 0.617. The van der Waals surface area contributed by atoms with Gasteiger partial charge in [-0.05, 0) is 26.0 Å². The molecule has 0 spiro atoms. The number of hydrogen-bond acceptors (Lipinski definition) is 5. The normalized spacial score (nSPS) is 10.6. The summed E-state index contributed by atoms with van der Waals surface area (Å²) in [6, 6.07) is 3.54. The molecule has 0 bridgehead atoms. The highest BCUT2D eigenvalue weighted by molar-refractivity contribution is 5.75. The zero-order chi connectivity index (χ0) is 15.4. The molecule has 0 fully saturated rings. The Balaban J connectivity index is 2.26. The van der Waals surface area contributed by atoms with E-state index in [0.717, 1.165) is 5.69 Å². The maximum absolute atomic E-state index is 12.3. The molecule has 2 aromatic heterocycles. The largest absolute Gasteiger partial charge is 0.359 e. The Kier molecular flexibility index (Phi) is 4.52.